The zero-order valence-corrected chi connectivity index (χ0v) is 11.1. The van der Waals surface area contributed by atoms with Gasteiger partial charge in [-0.1, -0.05) is 23.9 Å². The number of aromatic nitrogens is 1. The molecule has 0 saturated heterocycles. The van der Waals surface area contributed by atoms with Crippen LogP contribution in [0.25, 0.3) is 20.7 Å². The summed E-state index contributed by atoms with van der Waals surface area (Å²) in [4.78, 5) is 5.89. The number of hydrogen-bond donors (Lipinski definition) is 0. The number of rotatable bonds is 2. The van der Waals surface area contributed by atoms with Crippen molar-refractivity contribution >= 4 is 44.7 Å². The Balaban J connectivity index is 2.15. The highest BCUT2D eigenvalue weighted by molar-refractivity contribution is 8.00. The first-order valence-corrected chi connectivity index (χ1v) is 7.77. The van der Waals surface area contributed by atoms with E-state index in [1.54, 1.807) is 34.4 Å². The highest BCUT2D eigenvalue weighted by atomic mass is 32.2. The second kappa shape index (κ2) is 4.20. The summed E-state index contributed by atoms with van der Waals surface area (Å²) in [5.74, 6) is 0. The van der Waals surface area contributed by atoms with Crippen molar-refractivity contribution < 1.29 is 0 Å². The monoisotopic (exact) mass is 263 g/mol. The van der Waals surface area contributed by atoms with Crippen molar-refractivity contribution in [3.8, 4) is 10.4 Å². The number of benzene rings is 1. The molecule has 0 bridgehead atoms. The molecule has 0 radical (unpaired) electrons. The summed E-state index contributed by atoms with van der Waals surface area (Å²) in [6, 6.07) is 10.8. The largest absolute Gasteiger partial charge is 0.230 e. The van der Waals surface area contributed by atoms with Crippen LogP contribution < -0.4 is 0 Å². The number of fused-ring (bicyclic) bond motifs is 1. The predicted octanol–water partition coefficient (Wildman–Crippen LogP) is 4.75. The van der Waals surface area contributed by atoms with Crippen LogP contribution in [0.15, 0.2) is 40.1 Å². The van der Waals surface area contributed by atoms with E-state index in [-0.39, 0.29) is 0 Å². The Labute approximate surface area is 106 Å². The van der Waals surface area contributed by atoms with E-state index in [9.17, 15) is 0 Å². The fourth-order valence-electron chi connectivity index (χ4n) is 1.59. The third-order valence-corrected chi connectivity index (χ3v) is 5.29. The molecule has 3 aromatic rings. The Morgan fingerprint density at radius 2 is 2.19 bits per heavy atom. The Hall–Kier alpha value is -0.840. The molecule has 0 unspecified atom stereocenters. The number of thioether (sulfide) groups is 1. The van der Waals surface area contributed by atoms with Crippen molar-refractivity contribution in [2.45, 2.75) is 4.34 Å². The second-order valence-corrected chi connectivity index (χ2v) is 6.38. The van der Waals surface area contributed by atoms with E-state index in [1.165, 1.54) is 15.1 Å². The summed E-state index contributed by atoms with van der Waals surface area (Å²) in [6.45, 7) is 0. The third kappa shape index (κ3) is 1.77. The lowest BCUT2D eigenvalue weighted by atomic mass is 10.2. The molecule has 0 fully saturated rings. The van der Waals surface area contributed by atoms with E-state index >= 15 is 0 Å². The SMILES string of the molecule is CSc1nc2cc(-c3cccs3)ccc2s1. The lowest BCUT2D eigenvalue weighted by molar-refractivity contribution is 1.31. The highest BCUT2D eigenvalue weighted by Crippen LogP contribution is 2.32. The predicted molar refractivity (Wildman–Crippen MR) is 74.7 cm³/mol. The molecule has 0 aliphatic rings. The van der Waals surface area contributed by atoms with Crippen molar-refractivity contribution in [3.63, 3.8) is 0 Å². The van der Waals surface area contributed by atoms with Gasteiger partial charge in [0.2, 0.25) is 0 Å². The maximum Gasteiger partial charge on any atom is 0.150 e. The van der Waals surface area contributed by atoms with Crippen LogP contribution in [0.3, 0.4) is 0 Å². The van der Waals surface area contributed by atoms with Crippen LogP contribution in [0.4, 0.5) is 0 Å². The molecule has 2 aromatic heterocycles. The van der Waals surface area contributed by atoms with Gasteiger partial charge in [-0.2, -0.15) is 0 Å². The average molecular weight is 263 g/mol. The molecule has 0 aliphatic carbocycles. The van der Waals surface area contributed by atoms with Crippen molar-refractivity contribution in [2.75, 3.05) is 6.26 Å². The van der Waals surface area contributed by atoms with E-state index in [0.29, 0.717) is 0 Å². The van der Waals surface area contributed by atoms with Gasteiger partial charge >= 0.3 is 0 Å². The van der Waals surface area contributed by atoms with Gasteiger partial charge in [-0.3, -0.25) is 0 Å². The van der Waals surface area contributed by atoms with Gasteiger partial charge in [-0.15, -0.1) is 22.7 Å². The van der Waals surface area contributed by atoms with Crippen molar-refractivity contribution in [3.05, 3.63) is 35.7 Å². The molecule has 3 rings (SSSR count). The smallest absolute Gasteiger partial charge is 0.150 e. The molecule has 0 spiro atoms. The standard InChI is InChI=1S/C12H9NS3/c1-14-12-13-9-7-8(4-5-11(9)16-12)10-3-2-6-15-10/h2-7H,1H3. The van der Waals surface area contributed by atoms with E-state index in [2.05, 4.69) is 47.0 Å². The number of thiophene rings is 1. The number of hydrogen-bond acceptors (Lipinski definition) is 4. The van der Waals surface area contributed by atoms with Crippen molar-refractivity contribution in [2.24, 2.45) is 0 Å². The molecule has 0 N–H and O–H groups in total. The Kier molecular flexibility index (Phi) is 2.71. The zero-order chi connectivity index (χ0) is 11.0. The minimum absolute atomic E-state index is 1.11. The second-order valence-electron chi connectivity index (χ2n) is 3.34. The topological polar surface area (TPSA) is 12.9 Å². The lowest BCUT2D eigenvalue weighted by Crippen LogP contribution is -1.73. The zero-order valence-electron chi connectivity index (χ0n) is 8.64. The molecule has 1 nitrogen and oxygen atoms in total. The van der Waals surface area contributed by atoms with Crippen molar-refractivity contribution in [1.82, 2.24) is 4.98 Å². The molecule has 4 heteroatoms. The van der Waals surface area contributed by atoms with Crippen LogP contribution >= 0.6 is 34.4 Å². The molecule has 16 heavy (non-hydrogen) atoms. The summed E-state index contributed by atoms with van der Waals surface area (Å²) >= 11 is 5.23. The first-order valence-electron chi connectivity index (χ1n) is 4.85. The maximum atomic E-state index is 4.59. The van der Waals surface area contributed by atoms with Crippen LogP contribution in [0, 0.1) is 0 Å². The van der Waals surface area contributed by atoms with Gasteiger partial charge in [0.05, 0.1) is 10.2 Å². The van der Waals surface area contributed by atoms with E-state index in [1.807, 2.05) is 0 Å². The number of nitrogens with zero attached hydrogens (tertiary/aromatic N) is 1. The fourth-order valence-corrected chi connectivity index (χ4v) is 3.78. The molecule has 0 atom stereocenters. The quantitative estimate of drug-likeness (QED) is 0.619. The van der Waals surface area contributed by atoms with E-state index < -0.39 is 0 Å². The van der Waals surface area contributed by atoms with Crippen LogP contribution in [0.1, 0.15) is 0 Å². The van der Waals surface area contributed by atoms with Gasteiger partial charge < -0.3 is 0 Å². The van der Waals surface area contributed by atoms with Crippen LogP contribution in [-0.2, 0) is 0 Å². The first kappa shape index (κ1) is 10.3. The summed E-state index contributed by atoms with van der Waals surface area (Å²) in [7, 11) is 0. The minimum Gasteiger partial charge on any atom is -0.230 e. The van der Waals surface area contributed by atoms with Gasteiger partial charge in [0.25, 0.3) is 0 Å². The molecular formula is C12H9NS3. The maximum absolute atomic E-state index is 4.59. The lowest BCUT2D eigenvalue weighted by Gasteiger charge is -1.95. The third-order valence-electron chi connectivity index (χ3n) is 2.35. The first-order chi connectivity index (χ1) is 7.86. The Morgan fingerprint density at radius 3 is 2.94 bits per heavy atom. The van der Waals surface area contributed by atoms with Gasteiger partial charge in [0, 0.05) is 4.88 Å². The molecule has 0 aliphatic heterocycles. The normalized spacial score (nSPS) is 11.1. The Morgan fingerprint density at radius 1 is 1.25 bits per heavy atom. The molecule has 80 valence electrons. The van der Waals surface area contributed by atoms with Crippen LogP contribution in [0.2, 0.25) is 0 Å². The summed E-state index contributed by atoms with van der Waals surface area (Å²) in [5.41, 5.74) is 2.38. The van der Waals surface area contributed by atoms with Gasteiger partial charge in [0.15, 0.2) is 4.34 Å². The molecule has 2 heterocycles. The molecule has 0 amide bonds. The molecule has 0 saturated carbocycles. The van der Waals surface area contributed by atoms with Crippen molar-refractivity contribution in [1.29, 1.82) is 0 Å². The van der Waals surface area contributed by atoms with E-state index in [4.69, 9.17) is 0 Å². The highest BCUT2D eigenvalue weighted by Gasteiger charge is 2.05. The average Bonchev–Trinajstić information content (AvgIpc) is 2.96. The van der Waals surface area contributed by atoms with E-state index in [0.717, 1.165) is 9.86 Å². The van der Waals surface area contributed by atoms with Crippen LogP contribution in [-0.4, -0.2) is 11.2 Å². The van der Waals surface area contributed by atoms with Gasteiger partial charge in [0.1, 0.15) is 0 Å². The summed E-state index contributed by atoms with van der Waals surface area (Å²) in [6.07, 6.45) is 2.07. The summed E-state index contributed by atoms with van der Waals surface area (Å²) in [5, 5.41) is 2.11. The molecular weight excluding hydrogens is 254 g/mol. The molecule has 1 aromatic carbocycles. The van der Waals surface area contributed by atoms with Crippen LogP contribution in [0.5, 0.6) is 0 Å². The number of thiazole rings is 1. The summed E-state index contributed by atoms with van der Waals surface area (Å²) < 4.78 is 2.41. The fraction of sp³-hybridized carbons (Fsp3) is 0.0833. The van der Waals surface area contributed by atoms with Gasteiger partial charge in [-0.25, -0.2) is 4.98 Å². The Bertz CT molecular complexity index is 610. The van der Waals surface area contributed by atoms with Gasteiger partial charge in [-0.05, 0) is 35.4 Å². The minimum atomic E-state index is 1.11.